The summed E-state index contributed by atoms with van der Waals surface area (Å²) in [6.07, 6.45) is 3.36. The van der Waals surface area contributed by atoms with Crippen LogP contribution in [0.15, 0.2) is 4.52 Å². The zero-order valence-electron chi connectivity index (χ0n) is 15.8. The smallest absolute Gasteiger partial charge is 0.239 e. The monoisotopic (exact) mass is 420 g/mol. The highest BCUT2D eigenvalue weighted by molar-refractivity contribution is 5.85. The third-order valence-corrected chi connectivity index (χ3v) is 5.94. The predicted molar refractivity (Wildman–Crippen MR) is 106 cm³/mol. The van der Waals surface area contributed by atoms with Gasteiger partial charge in [-0.2, -0.15) is 4.98 Å². The van der Waals surface area contributed by atoms with Gasteiger partial charge in [0.1, 0.15) is 0 Å². The Kier molecular flexibility index (Phi) is 7.88. The Balaban J connectivity index is 0.00000131. The number of carbonyl (C=O) groups excluding carboxylic acids is 1. The lowest BCUT2D eigenvalue weighted by Crippen LogP contribution is -2.52. The number of aryl methyl sites for hydroxylation is 1. The van der Waals surface area contributed by atoms with Crippen molar-refractivity contribution in [2.75, 3.05) is 45.8 Å². The van der Waals surface area contributed by atoms with E-state index in [0.717, 1.165) is 58.1 Å². The van der Waals surface area contributed by atoms with Crippen molar-refractivity contribution in [1.82, 2.24) is 30.6 Å². The first kappa shape index (κ1) is 22.4. The van der Waals surface area contributed by atoms with E-state index in [1.165, 1.54) is 12.8 Å². The molecule has 0 radical (unpaired) electrons. The number of nitrogens with one attached hydrogen (secondary N) is 2. The summed E-state index contributed by atoms with van der Waals surface area (Å²) in [7, 11) is 0. The summed E-state index contributed by atoms with van der Waals surface area (Å²) < 4.78 is 5.02. The molecule has 3 fully saturated rings. The molecule has 1 aromatic heterocycles. The van der Waals surface area contributed by atoms with E-state index in [2.05, 4.69) is 25.7 Å². The fourth-order valence-corrected chi connectivity index (χ4v) is 4.38. The molecule has 4 rings (SSSR count). The van der Waals surface area contributed by atoms with Gasteiger partial charge in [0.15, 0.2) is 5.82 Å². The van der Waals surface area contributed by atoms with Crippen LogP contribution in [0.1, 0.15) is 31.0 Å². The van der Waals surface area contributed by atoms with Crippen LogP contribution < -0.4 is 10.6 Å². The van der Waals surface area contributed by atoms with Gasteiger partial charge in [-0.25, -0.2) is 0 Å². The fourth-order valence-electron chi connectivity index (χ4n) is 4.38. The van der Waals surface area contributed by atoms with Crippen molar-refractivity contribution in [3.63, 3.8) is 0 Å². The van der Waals surface area contributed by atoms with Crippen LogP contribution in [0.2, 0.25) is 0 Å². The van der Waals surface area contributed by atoms with Crippen LogP contribution in [0.4, 0.5) is 0 Å². The summed E-state index contributed by atoms with van der Waals surface area (Å²) in [5, 5.41) is 10.9. The average Bonchev–Trinajstić information content (AvgIpc) is 3.22. The number of amides is 1. The molecule has 0 aromatic carbocycles. The topological polar surface area (TPSA) is 86.5 Å². The Morgan fingerprint density at radius 3 is 2.56 bits per heavy atom. The molecule has 1 aromatic rings. The first-order valence-electron chi connectivity index (χ1n) is 9.38. The minimum absolute atomic E-state index is 0. The minimum atomic E-state index is 0. The van der Waals surface area contributed by atoms with E-state index in [9.17, 15) is 4.79 Å². The van der Waals surface area contributed by atoms with E-state index in [-0.39, 0.29) is 36.8 Å². The molecule has 0 bridgehead atoms. The average molecular weight is 421 g/mol. The lowest BCUT2D eigenvalue weighted by molar-refractivity contribution is -0.135. The highest BCUT2D eigenvalue weighted by atomic mass is 35.5. The number of halogens is 2. The fraction of sp³-hybridized carbons (Fsp3) is 0.824. The molecular weight excluding hydrogens is 391 g/mol. The van der Waals surface area contributed by atoms with E-state index in [1.807, 2.05) is 4.90 Å². The number of piperidine rings is 1. The van der Waals surface area contributed by atoms with E-state index in [4.69, 9.17) is 4.52 Å². The van der Waals surface area contributed by atoms with Crippen LogP contribution in [-0.2, 0) is 11.3 Å². The summed E-state index contributed by atoms with van der Waals surface area (Å²) >= 11 is 0. The SMILES string of the molecule is Cc1nc(CN2CCN(C(=O)C3CC4(CCNCC4)CN3)CC2)no1.Cl.Cl. The van der Waals surface area contributed by atoms with Gasteiger partial charge in [0, 0.05) is 39.6 Å². The molecule has 0 aliphatic carbocycles. The molecule has 3 saturated heterocycles. The molecule has 10 heteroatoms. The molecule has 1 atom stereocenters. The summed E-state index contributed by atoms with van der Waals surface area (Å²) in [6, 6.07) is 0.00417. The lowest BCUT2D eigenvalue weighted by atomic mass is 9.77. The highest BCUT2D eigenvalue weighted by Gasteiger charge is 2.43. The van der Waals surface area contributed by atoms with Crippen LogP contribution in [0, 0.1) is 12.3 Å². The quantitative estimate of drug-likeness (QED) is 0.739. The molecule has 27 heavy (non-hydrogen) atoms. The van der Waals surface area contributed by atoms with Crippen molar-refractivity contribution in [2.24, 2.45) is 5.41 Å². The van der Waals surface area contributed by atoms with E-state index in [0.29, 0.717) is 17.9 Å². The van der Waals surface area contributed by atoms with E-state index < -0.39 is 0 Å². The van der Waals surface area contributed by atoms with E-state index in [1.54, 1.807) is 6.92 Å². The number of piperazine rings is 1. The molecule has 8 nitrogen and oxygen atoms in total. The summed E-state index contributed by atoms with van der Waals surface area (Å²) in [6.45, 7) is 8.93. The molecule has 4 heterocycles. The number of carbonyl (C=O) groups is 1. The van der Waals surface area contributed by atoms with Gasteiger partial charge in [-0.1, -0.05) is 5.16 Å². The Morgan fingerprint density at radius 1 is 1.22 bits per heavy atom. The number of rotatable bonds is 3. The molecule has 3 aliphatic heterocycles. The molecule has 154 valence electrons. The Morgan fingerprint density at radius 2 is 1.93 bits per heavy atom. The molecule has 0 saturated carbocycles. The standard InChI is InChI=1S/C17H28N6O2.2ClH/c1-13-20-15(21-25-13)11-22-6-8-23(9-7-22)16(24)14-10-17(12-19-14)2-4-18-5-3-17;;/h14,18-19H,2-12H2,1H3;2*1H. The van der Waals surface area contributed by atoms with Gasteiger partial charge in [0.25, 0.3) is 0 Å². The largest absolute Gasteiger partial charge is 0.340 e. The Bertz CT molecular complexity index is 614. The van der Waals surface area contributed by atoms with Gasteiger partial charge in [0.05, 0.1) is 12.6 Å². The van der Waals surface area contributed by atoms with E-state index >= 15 is 0 Å². The van der Waals surface area contributed by atoms with Crippen LogP contribution >= 0.6 is 24.8 Å². The maximum atomic E-state index is 12.9. The molecule has 2 N–H and O–H groups in total. The molecule has 1 amide bonds. The third kappa shape index (κ3) is 5.12. The van der Waals surface area contributed by atoms with Crippen LogP contribution in [-0.4, -0.2) is 77.7 Å². The van der Waals surface area contributed by atoms with Crippen LogP contribution in [0.25, 0.3) is 0 Å². The summed E-state index contributed by atoms with van der Waals surface area (Å²) in [4.78, 5) is 21.4. The van der Waals surface area contributed by atoms with Crippen molar-refractivity contribution >= 4 is 30.7 Å². The van der Waals surface area contributed by atoms with Crippen molar-refractivity contribution in [3.8, 4) is 0 Å². The number of hydrogen-bond donors (Lipinski definition) is 2. The van der Waals surface area contributed by atoms with Crippen molar-refractivity contribution in [3.05, 3.63) is 11.7 Å². The molecule has 3 aliphatic rings. The maximum absolute atomic E-state index is 12.9. The van der Waals surface area contributed by atoms with Gasteiger partial charge in [-0.3, -0.25) is 9.69 Å². The minimum Gasteiger partial charge on any atom is -0.340 e. The maximum Gasteiger partial charge on any atom is 0.239 e. The summed E-state index contributed by atoms with van der Waals surface area (Å²) in [5.74, 6) is 1.61. The number of hydrogen-bond acceptors (Lipinski definition) is 7. The van der Waals surface area contributed by atoms with Gasteiger partial charge in [0.2, 0.25) is 11.8 Å². The van der Waals surface area contributed by atoms with Crippen molar-refractivity contribution < 1.29 is 9.32 Å². The van der Waals surface area contributed by atoms with Crippen molar-refractivity contribution in [2.45, 2.75) is 38.8 Å². The molecule has 1 unspecified atom stereocenters. The van der Waals surface area contributed by atoms with Gasteiger partial charge >= 0.3 is 0 Å². The van der Waals surface area contributed by atoms with Gasteiger partial charge < -0.3 is 20.1 Å². The van der Waals surface area contributed by atoms with Crippen LogP contribution in [0.3, 0.4) is 0 Å². The highest BCUT2D eigenvalue weighted by Crippen LogP contribution is 2.37. The number of aromatic nitrogens is 2. The molecular formula is C17H30Cl2N6O2. The Labute approximate surface area is 172 Å². The number of nitrogens with zero attached hydrogens (tertiary/aromatic N) is 4. The van der Waals surface area contributed by atoms with Crippen molar-refractivity contribution in [1.29, 1.82) is 0 Å². The third-order valence-electron chi connectivity index (χ3n) is 5.94. The zero-order chi connectivity index (χ0) is 17.3. The second kappa shape index (κ2) is 9.52. The van der Waals surface area contributed by atoms with Gasteiger partial charge in [-0.15, -0.1) is 24.8 Å². The van der Waals surface area contributed by atoms with Gasteiger partial charge in [-0.05, 0) is 37.8 Å². The second-order valence-corrected chi connectivity index (χ2v) is 7.72. The Hall–Kier alpha value is -0.930. The summed E-state index contributed by atoms with van der Waals surface area (Å²) in [5.41, 5.74) is 0.337. The predicted octanol–water partition coefficient (Wildman–Crippen LogP) is 0.598. The van der Waals surface area contributed by atoms with Crippen LogP contribution in [0.5, 0.6) is 0 Å². The zero-order valence-corrected chi connectivity index (χ0v) is 17.4. The molecule has 1 spiro atoms. The lowest BCUT2D eigenvalue weighted by Gasteiger charge is -2.36. The first-order chi connectivity index (χ1) is 12.1. The normalized spacial score (nSPS) is 25.1. The first-order valence-corrected chi connectivity index (χ1v) is 9.38. The second-order valence-electron chi connectivity index (χ2n) is 7.72.